The first-order valence-corrected chi connectivity index (χ1v) is 24.3. The molecule has 0 amide bonds. The topological polar surface area (TPSA) is 0 Å². The predicted octanol–water partition coefficient (Wildman–Crippen LogP) is 12.7. The van der Waals surface area contributed by atoms with Crippen molar-refractivity contribution in [1.29, 1.82) is 0 Å². The Bertz CT molecular complexity index is 2820. The smallest absolute Gasteiger partial charge is 0.366 e. The Hall–Kier alpha value is -4.34. The van der Waals surface area contributed by atoms with Crippen LogP contribution in [0.15, 0.2) is 206 Å². The Morgan fingerprint density at radius 2 is 0.667 bits per heavy atom. The Balaban J connectivity index is 0.000000160. The number of fused-ring (bicyclic) bond motifs is 6. The zero-order chi connectivity index (χ0) is 39.5. The largest absolute Gasteiger partial charge is 1.00 e. The van der Waals surface area contributed by atoms with Crippen LogP contribution in [0, 0.1) is 24.7 Å². The molecule has 6 heteroatoms. The van der Waals surface area contributed by atoms with Crippen molar-refractivity contribution in [2.24, 2.45) is 0 Å². The molecule has 0 N–H and O–H groups in total. The Kier molecular flexibility index (Phi) is 16.9. The van der Waals surface area contributed by atoms with E-state index in [4.69, 9.17) is 12.8 Å². The Morgan fingerprint density at radius 1 is 0.333 bits per heavy atom. The summed E-state index contributed by atoms with van der Waals surface area (Å²) in [5, 5.41) is 11.1. The predicted molar refractivity (Wildman–Crippen MR) is 262 cm³/mol. The van der Waals surface area contributed by atoms with Crippen LogP contribution in [0.3, 0.4) is 0 Å². The molecule has 0 spiro atoms. The molecule has 0 radical (unpaired) electrons. The SMILES string of the molecule is [Au+].[Au+].[C-]#Cc1ccc2c(c1)sc1ccccc12.[C-]#Cc1ccc2sc3ccccc3c2c1.c1ccc([PH+](CC[PH+](c2ccccc2)c2ccccc2)c2ccccc2)cc1. The normalized spacial score (nSPS) is 10.5. The summed E-state index contributed by atoms with van der Waals surface area (Å²) in [5.41, 5.74) is 1.68. The van der Waals surface area contributed by atoms with Gasteiger partial charge in [0.05, 0.1) is 37.1 Å². The summed E-state index contributed by atoms with van der Waals surface area (Å²) in [6.07, 6.45) is 16.8. The van der Waals surface area contributed by atoms with Gasteiger partial charge >= 0.3 is 44.8 Å². The van der Waals surface area contributed by atoms with Crippen molar-refractivity contribution < 1.29 is 44.8 Å². The summed E-state index contributed by atoms with van der Waals surface area (Å²) in [5.74, 6) is 4.85. The summed E-state index contributed by atoms with van der Waals surface area (Å²) < 4.78 is 5.10. The first-order valence-electron chi connectivity index (χ1n) is 19.3. The van der Waals surface area contributed by atoms with Crippen molar-refractivity contribution in [2.45, 2.75) is 0 Å². The van der Waals surface area contributed by atoms with Gasteiger partial charge in [0.25, 0.3) is 0 Å². The Morgan fingerprint density at radius 3 is 1.12 bits per heavy atom. The van der Waals surface area contributed by atoms with E-state index in [1.807, 2.05) is 24.3 Å². The van der Waals surface area contributed by atoms with Crippen LogP contribution in [0.1, 0.15) is 11.1 Å². The first-order chi connectivity index (χ1) is 28.7. The van der Waals surface area contributed by atoms with Gasteiger partial charge in [-0.1, -0.05) is 121 Å². The minimum Gasteiger partial charge on any atom is -0.366 e. The van der Waals surface area contributed by atoms with Crippen molar-refractivity contribution in [2.75, 3.05) is 12.3 Å². The van der Waals surface area contributed by atoms with E-state index in [-0.39, 0.29) is 44.8 Å². The molecule has 8 aromatic carbocycles. The standard InChI is InChI=1S/C26H24P2.2C14H7S.2Au/c1-5-13-23(14-6-1)27(24-15-7-2-8-16-24)21-22-28(25-17-9-3-10-18-25)26-19-11-4-12-20-26;1-2-10-7-8-14-12(9-10)11-5-3-4-6-13(11)15-14;1-2-10-7-8-12-11-5-3-4-6-13(11)15-14(12)9-10;;/h1-20H,21-22H2;2*3-9H;;/q;2*-1;2*+1/p+2. The Labute approximate surface area is 395 Å². The van der Waals surface area contributed by atoms with E-state index in [0.717, 1.165) is 11.1 Å². The van der Waals surface area contributed by atoms with Gasteiger partial charge in [0.2, 0.25) is 0 Å². The van der Waals surface area contributed by atoms with Crippen LogP contribution in [0.25, 0.3) is 40.3 Å². The molecule has 0 aliphatic heterocycles. The van der Waals surface area contributed by atoms with Gasteiger partial charge in [0, 0.05) is 24.2 Å². The minimum absolute atomic E-state index is 0. The molecule has 60 heavy (non-hydrogen) atoms. The second-order valence-corrected chi connectivity index (χ2v) is 21.2. The van der Waals surface area contributed by atoms with Crippen LogP contribution in [-0.4, -0.2) is 12.3 Å². The summed E-state index contributed by atoms with van der Waals surface area (Å²) in [4.78, 5) is 0. The van der Waals surface area contributed by atoms with Crippen molar-refractivity contribution >= 4 is 100 Å². The van der Waals surface area contributed by atoms with E-state index in [0.29, 0.717) is 0 Å². The van der Waals surface area contributed by atoms with E-state index < -0.39 is 15.8 Å². The second-order valence-electron chi connectivity index (χ2n) is 13.8. The first kappa shape index (κ1) is 45.2. The van der Waals surface area contributed by atoms with Gasteiger partial charge in [0.15, 0.2) is 0 Å². The molecule has 10 aromatic rings. The van der Waals surface area contributed by atoms with Gasteiger partial charge in [-0.25, -0.2) is 0 Å². The van der Waals surface area contributed by atoms with Crippen molar-refractivity contribution in [3.05, 3.63) is 230 Å². The average molecular weight is 1210 g/mol. The molecule has 0 unspecified atom stereocenters. The number of rotatable bonds is 7. The van der Waals surface area contributed by atoms with E-state index in [1.54, 1.807) is 22.7 Å². The summed E-state index contributed by atoms with van der Waals surface area (Å²) >= 11 is 3.56. The average Bonchev–Trinajstić information content (AvgIpc) is 3.87. The molecule has 0 atom stereocenters. The third-order valence-corrected chi connectivity index (χ3v) is 18.6. The maximum absolute atomic E-state index is 7.13. The molecule has 0 nitrogen and oxygen atoms in total. The van der Waals surface area contributed by atoms with E-state index >= 15 is 0 Å². The summed E-state index contributed by atoms with van der Waals surface area (Å²) in [6.45, 7) is 0. The van der Waals surface area contributed by atoms with E-state index in [2.05, 4.69) is 194 Å². The third kappa shape index (κ3) is 10.9. The zero-order valence-electron chi connectivity index (χ0n) is 32.5. The molecule has 0 aliphatic carbocycles. The van der Waals surface area contributed by atoms with E-state index in [1.165, 1.54) is 73.9 Å². The zero-order valence-corrected chi connectivity index (χ0v) is 40.4. The molecule has 0 fully saturated rings. The molecule has 2 aromatic heterocycles. The van der Waals surface area contributed by atoms with Crippen LogP contribution in [0.5, 0.6) is 0 Å². The molecule has 0 saturated carbocycles. The summed E-state index contributed by atoms with van der Waals surface area (Å²) in [7, 11) is -1.57. The molecule has 0 aliphatic rings. The van der Waals surface area contributed by atoms with Crippen LogP contribution in [0.4, 0.5) is 0 Å². The maximum atomic E-state index is 7.13. The molecular formula is C54H40Au2P2S2+2. The fourth-order valence-electron chi connectivity index (χ4n) is 7.33. The number of benzene rings is 8. The van der Waals surface area contributed by atoms with Crippen LogP contribution >= 0.6 is 38.5 Å². The summed E-state index contributed by atoms with van der Waals surface area (Å²) in [6, 6.07) is 73.3. The number of thiophene rings is 2. The molecule has 298 valence electrons. The van der Waals surface area contributed by atoms with Crippen LogP contribution in [0.2, 0.25) is 0 Å². The van der Waals surface area contributed by atoms with Gasteiger partial charge < -0.3 is 12.8 Å². The van der Waals surface area contributed by atoms with Gasteiger partial charge in [-0.3, -0.25) is 11.8 Å². The minimum atomic E-state index is -0.783. The van der Waals surface area contributed by atoms with E-state index in [9.17, 15) is 0 Å². The second kappa shape index (κ2) is 22.5. The third-order valence-electron chi connectivity index (χ3n) is 10.2. The quantitative estimate of drug-likeness (QED) is 0.0646. The van der Waals surface area contributed by atoms with Gasteiger partial charge in [-0.2, -0.15) is 0 Å². The van der Waals surface area contributed by atoms with Crippen LogP contribution < -0.4 is 21.2 Å². The fourth-order valence-corrected chi connectivity index (χ4v) is 15.8. The van der Waals surface area contributed by atoms with Gasteiger partial charge in [-0.15, -0.1) is 58.1 Å². The molecule has 0 saturated heterocycles. The molecule has 2 heterocycles. The van der Waals surface area contributed by atoms with Gasteiger partial charge in [-0.05, 0) is 76.8 Å². The molecular weight excluding hydrogens is 1170 g/mol. The van der Waals surface area contributed by atoms with Crippen molar-refractivity contribution in [3.8, 4) is 11.8 Å². The van der Waals surface area contributed by atoms with Crippen LogP contribution in [-0.2, 0) is 44.8 Å². The van der Waals surface area contributed by atoms with Crippen molar-refractivity contribution in [3.63, 3.8) is 0 Å². The fraction of sp³-hybridized carbons (Fsp3) is 0.0370. The molecule has 0 bridgehead atoms. The maximum Gasteiger partial charge on any atom is 1.00 e. The number of hydrogen-bond acceptors (Lipinski definition) is 2. The number of hydrogen-bond donors (Lipinski definition) is 0. The monoisotopic (exact) mass is 1210 g/mol. The van der Waals surface area contributed by atoms with Crippen molar-refractivity contribution in [1.82, 2.24) is 0 Å². The van der Waals surface area contributed by atoms with Gasteiger partial charge in [0.1, 0.15) is 12.3 Å². The molecule has 10 rings (SSSR count).